The lowest BCUT2D eigenvalue weighted by Gasteiger charge is -2.23. The average molecular weight is 295 g/mol. The van der Waals surface area contributed by atoms with Gasteiger partial charge in [-0.3, -0.25) is 19.3 Å². The van der Waals surface area contributed by atoms with Crippen LogP contribution in [0.4, 0.5) is 5.69 Å². The molecule has 2 rings (SSSR count). The van der Waals surface area contributed by atoms with Gasteiger partial charge in [0.15, 0.2) is 0 Å². The van der Waals surface area contributed by atoms with Crippen LogP contribution in [0.1, 0.15) is 31.1 Å². The van der Waals surface area contributed by atoms with Gasteiger partial charge in [0.2, 0.25) is 5.91 Å². The minimum atomic E-state index is -0.702. The van der Waals surface area contributed by atoms with Gasteiger partial charge in [-0.15, -0.1) is 0 Å². The van der Waals surface area contributed by atoms with Crippen LogP contribution in [0, 0.1) is 0 Å². The zero-order valence-electron chi connectivity index (χ0n) is 11.5. The number of nitrogens with one attached hydrogen (secondary N) is 1. The molecule has 0 spiro atoms. The van der Waals surface area contributed by atoms with Gasteiger partial charge >= 0.3 is 0 Å². The van der Waals surface area contributed by atoms with E-state index in [-0.39, 0.29) is 18.0 Å². The summed E-state index contributed by atoms with van der Waals surface area (Å²) in [6, 6.07) is 4.60. The van der Waals surface area contributed by atoms with Crippen molar-refractivity contribution in [2.24, 2.45) is 0 Å². The first kappa shape index (κ1) is 14.5. The average Bonchev–Trinajstić information content (AvgIpc) is 2.52. The highest BCUT2D eigenvalue weighted by molar-refractivity contribution is 6.53. The molecule has 2 amide bonds. The van der Waals surface area contributed by atoms with Gasteiger partial charge in [0.1, 0.15) is 6.54 Å². The predicted molar refractivity (Wildman–Crippen MR) is 76.0 cm³/mol. The number of fused-ring (bicyclic) bond motifs is 1. The first-order valence-electron chi connectivity index (χ1n) is 6.16. The standard InChI is InChI=1S/C14H15ClN2O3/c1-14(2,3)16-11(18)7-17-10-5-4-8(15)6-9(10)12(19)13(17)20/h4-6H,7H2,1-3H3,(H,16,18). The van der Waals surface area contributed by atoms with Crippen molar-refractivity contribution >= 4 is 34.9 Å². The van der Waals surface area contributed by atoms with E-state index >= 15 is 0 Å². The highest BCUT2D eigenvalue weighted by atomic mass is 35.5. The zero-order chi connectivity index (χ0) is 15.1. The van der Waals surface area contributed by atoms with Crippen LogP contribution in [0.5, 0.6) is 0 Å². The molecule has 0 saturated carbocycles. The fourth-order valence-electron chi connectivity index (χ4n) is 2.03. The Balaban J connectivity index is 2.24. The molecule has 0 aliphatic carbocycles. The maximum Gasteiger partial charge on any atom is 0.299 e. The Labute approximate surface area is 121 Å². The largest absolute Gasteiger partial charge is 0.350 e. The van der Waals surface area contributed by atoms with Gasteiger partial charge in [-0.05, 0) is 39.0 Å². The van der Waals surface area contributed by atoms with Crippen LogP contribution in [-0.2, 0) is 9.59 Å². The van der Waals surface area contributed by atoms with Crippen LogP contribution in [0.2, 0.25) is 5.02 Å². The van der Waals surface area contributed by atoms with Gasteiger partial charge in [0.25, 0.3) is 11.7 Å². The number of anilines is 1. The van der Waals surface area contributed by atoms with Crippen LogP contribution in [0.3, 0.4) is 0 Å². The Morgan fingerprint density at radius 2 is 1.95 bits per heavy atom. The van der Waals surface area contributed by atoms with Crippen molar-refractivity contribution in [3.8, 4) is 0 Å². The number of rotatable bonds is 2. The molecule has 1 aliphatic heterocycles. The van der Waals surface area contributed by atoms with E-state index in [1.807, 2.05) is 20.8 Å². The Kier molecular flexibility index (Phi) is 3.56. The quantitative estimate of drug-likeness (QED) is 0.846. The van der Waals surface area contributed by atoms with Gasteiger partial charge in [-0.1, -0.05) is 11.6 Å². The fraction of sp³-hybridized carbons (Fsp3) is 0.357. The summed E-state index contributed by atoms with van der Waals surface area (Å²) < 4.78 is 0. The Hall–Kier alpha value is -1.88. The zero-order valence-corrected chi connectivity index (χ0v) is 12.2. The van der Waals surface area contributed by atoms with Gasteiger partial charge in [-0.2, -0.15) is 0 Å². The third kappa shape index (κ3) is 2.82. The monoisotopic (exact) mass is 294 g/mol. The van der Waals surface area contributed by atoms with Crippen molar-refractivity contribution in [2.45, 2.75) is 26.3 Å². The SMILES string of the molecule is CC(C)(C)NC(=O)CN1C(=O)C(=O)c2cc(Cl)ccc21. The third-order valence-corrected chi connectivity index (χ3v) is 2.98. The number of carbonyl (C=O) groups excluding carboxylic acids is 3. The van der Waals surface area contributed by atoms with Crippen molar-refractivity contribution < 1.29 is 14.4 Å². The summed E-state index contributed by atoms with van der Waals surface area (Å²) in [5.41, 5.74) is 0.270. The maximum atomic E-state index is 11.9. The smallest absolute Gasteiger partial charge is 0.299 e. The van der Waals surface area contributed by atoms with Crippen LogP contribution in [0.15, 0.2) is 18.2 Å². The van der Waals surface area contributed by atoms with E-state index in [4.69, 9.17) is 11.6 Å². The van der Waals surface area contributed by atoms with E-state index in [1.54, 1.807) is 12.1 Å². The molecule has 20 heavy (non-hydrogen) atoms. The summed E-state index contributed by atoms with van der Waals surface area (Å²) in [5.74, 6) is -1.65. The molecule has 1 aliphatic rings. The van der Waals surface area contributed by atoms with Crippen LogP contribution in [0.25, 0.3) is 0 Å². The number of carbonyl (C=O) groups is 3. The normalized spacial score (nSPS) is 14.5. The molecular weight excluding hydrogens is 280 g/mol. The molecule has 0 saturated heterocycles. The highest BCUT2D eigenvalue weighted by Crippen LogP contribution is 2.30. The maximum absolute atomic E-state index is 11.9. The van der Waals surface area contributed by atoms with Gasteiger partial charge in [0, 0.05) is 10.6 Å². The molecule has 0 radical (unpaired) electrons. The molecule has 1 N–H and O–H groups in total. The van der Waals surface area contributed by atoms with E-state index in [9.17, 15) is 14.4 Å². The van der Waals surface area contributed by atoms with E-state index < -0.39 is 17.2 Å². The minimum Gasteiger partial charge on any atom is -0.350 e. The molecule has 0 fully saturated rings. The molecule has 0 unspecified atom stereocenters. The molecule has 1 heterocycles. The van der Waals surface area contributed by atoms with Crippen molar-refractivity contribution in [2.75, 3.05) is 11.4 Å². The van der Waals surface area contributed by atoms with Crippen LogP contribution >= 0.6 is 11.6 Å². The molecule has 0 bridgehead atoms. The highest BCUT2D eigenvalue weighted by Gasteiger charge is 2.37. The summed E-state index contributed by atoms with van der Waals surface area (Å²) in [6.07, 6.45) is 0. The lowest BCUT2D eigenvalue weighted by molar-refractivity contribution is -0.123. The van der Waals surface area contributed by atoms with E-state index in [2.05, 4.69) is 5.32 Å². The summed E-state index contributed by atoms with van der Waals surface area (Å²) in [6.45, 7) is 5.34. The molecular formula is C14H15ClN2O3. The number of amides is 2. The third-order valence-electron chi connectivity index (χ3n) is 2.75. The van der Waals surface area contributed by atoms with Crippen molar-refractivity contribution in [1.29, 1.82) is 0 Å². The molecule has 1 aromatic carbocycles. The van der Waals surface area contributed by atoms with E-state index in [0.717, 1.165) is 0 Å². The van der Waals surface area contributed by atoms with E-state index in [0.29, 0.717) is 10.7 Å². The summed E-state index contributed by atoms with van der Waals surface area (Å²) in [5, 5.41) is 3.13. The summed E-state index contributed by atoms with van der Waals surface area (Å²) in [7, 11) is 0. The predicted octanol–water partition coefficient (Wildman–Crippen LogP) is 1.78. The van der Waals surface area contributed by atoms with Crippen molar-refractivity contribution in [3.05, 3.63) is 28.8 Å². The van der Waals surface area contributed by atoms with Gasteiger partial charge in [0.05, 0.1) is 11.3 Å². The number of benzene rings is 1. The Bertz CT molecular complexity index is 605. The first-order chi connectivity index (χ1) is 9.19. The van der Waals surface area contributed by atoms with Gasteiger partial charge in [-0.25, -0.2) is 0 Å². The minimum absolute atomic E-state index is 0.184. The number of Topliss-reactive ketones (excluding diaryl/α,β-unsaturated/α-hetero) is 1. The number of hydrogen-bond donors (Lipinski definition) is 1. The lowest BCUT2D eigenvalue weighted by Crippen LogP contribution is -2.47. The number of ketones is 1. The lowest BCUT2D eigenvalue weighted by atomic mass is 10.1. The molecule has 0 atom stereocenters. The number of nitrogens with zero attached hydrogens (tertiary/aromatic N) is 1. The number of hydrogen-bond acceptors (Lipinski definition) is 3. The fourth-order valence-corrected chi connectivity index (χ4v) is 2.20. The Morgan fingerprint density at radius 3 is 2.55 bits per heavy atom. The second-order valence-electron chi connectivity index (χ2n) is 5.68. The summed E-state index contributed by atoms with van der Waals surface area (Å²) >= 11 is 5.82. The topological polar surface area (TPSA) is 66.5 Å². The van der Waals surface area contributed by atoms with Crippen LogP contribution < -0.4 is 10.2 Å². The van der Waals surface area contributed by atoms with Crippen LogP contribution in [-0.4, -0.2) is 29.7 Å². The second kappa shape index (κ2) is 4.90. The Morgan fingerprint density at radius 1 is 1.30 bits per heavy atom. The molecule has 5 nitrogen and oxygen atoms in total. The molecule has 106 valence electrons. The van der Waals surface area contributed by atoms with Gasteiger partial charge < -0.3 is 5.32 Å². The first-order valence-corrected chi connectivity index (χ1v) is 6.53. The molecule has 1 aromatic rings. The van der Waals surface area contributed by atoms with E-state index in [1.165, 1.54) is 11.0 Å². The second-order valence-corrected chi connectivity index (χ2v) is 6.12. The number of halogens is 1. The molecule has 0 aromatic heterocycles. The van der Waals surface area contributed by atoms with Crippen molar-refractivity contribution in [3.63, 3.8) is 0 Å². The van der Waals surface area contributed by atoms with Crippen molar-refractivity contribution in [1.82, 2.24) is 5.32 Å². The molecule has 6 heteroatoms. The summed E-state index contributed by atoms with van der Waals surface area (Å²) in [4.78, 5) is 36.8.